The van der Waals surface area contributed by atoms with E-state index in [4.69, 9.17) is 9.11 Å². The van der Waals surface area contributed by atoms with E-state index < -0.39 is 40.9 Å². The summed E-state index contributed by atoms with van der Waals surface area (Å²) in [7, 11) is -12.3. The Balaban J connectivity index is 3.04. The number of hydrogen-bond donors (Lipinski definition) is 2. The summed E-state index contributed by atoms with van der Waals surface area (Å²) in [6.07, 6.45) is 0.753. The van der Waals surface area contributed by atoms with Gasteiger partial charge in [0.2, 0.25) is 10.0 Å². The zero-order valence-electron chi connectivity index (χ0n) is 11.4. The van der Waals surface area contributed by atoms with E-state index in [1.54, 1.807) is 0 Å². The number of benzene rings is 1. The highest BCUT2D eigenvalue weighted by molar-refractivity contribution is 7.92. The lowest BCUT2D eigenvalue weighted by molar-refractivity contribution is 0.479. The standard InChI is InChI=1S/C10H15NO8S3/c1-20(12,13)11(7-2-8-21(14,15)16)9-3-5-10(6-4-9)22(17,18)19/h3-6H,2,7-8H2,1H3,(H,14,15,16)(H,17,18,19). The maximum Gasteiger partial charge on any atom is 0.294 e. The lowest BCUT2D eigenvalue weighted by Crippen LogP contribution is -2.31. The number of sulfonamides is 1. The summed E-state index contributed by atoms with van der Waals surface area (Å²) in [6, 6.07) is 4.37. The molecule has 0 fully saturated rings. The Hall–Kier alpha value is -1.21. The van der Waals surface area contributed by atoms with E-state index >= 15 is 0 Å². The van der Waals surface area contributed by atoms with Gasteiger partial charge >= 0.3 is 0 Å². The molecule has 0 aliphatic carbocycles. The molecule has 0 amide bonds. The first-order valence-corrected chi connectivity index (χ1v) is 10.7. The number of anilines is 1. The van der Waals surface area contributed by atoms with Crippen LogP contribution in [-0.4, -0.2) is 52.9 Å². The lowest BCUT2D eigenvalue weighted by atomic mass is 10.3. The van der Waals surface area contributed by atoms with Crippen LogP contribution in [0.3, 0.4) is 0 Å². The van der Waals surface area contributed by atoms with E-state index in [2.05, 4.69) is 0 Å². The molecule has 0 unspecified atom stereocenters. The highest BCUT2D eigenvalue weighted by atomic mass is 32.2. The summed E-state index contributed by atoms with van der Waals surface area (Å²) < 4.78 is 84.9. The number of rotatable bonds is 7. The van der Waals surface area contributed by atoms with Crippen molar-refractivity contribution < 1.29 is 34.4 Å². The average molecular weight is 373 g/mol. The third kappa shape index (κ3) is 5.88. The van der Waals surface area contributed by atoms with Crippen molar-refractivity contribution in [1.29, 1.82) is 0 Å². The Morgan fingerprint density at radius 2 is 1.45 bits per heavy atom. The first-order chi connectivity index (χ1) is 9.81. The Morgan fingerprint density at radius 1 is 0.955 bits per heavy atom. The van der Waals surface area contributed by atoms with E-state index in [-0.39, 0.29) is 18.7 Å². The van der Waals surface area contributed by atoms with Crippen LogP contribution < -0.4 is 4.31 Å². The van der Waals surface area contributed by atoms with Gasteiger partial charge in [-0.05, 0) is 30.7 Å². The predicted molar refractivity (Wildman–Crippen MR) is 79.5 cm³/mol. The van der Waals surface area contributed by atoms with E-state index in [1.165, 1.54) is 0 Å². The summed E-state index contributed by atoms with van der Waals surface area (Å²) in [5.74, 6) is -0.609. The SMILES string of the molecule is CS(=O)(=O)N(CCCS(=O)(=O)O)c1ccc(S(=O)(=O)O)cc1. The van der Waals surface area contributed by atoms with Gasteiger partial charge in [0, 0.05) is 6.54 Å². The second-order valence-corrected chi connectivity index (χ2v) is 9.34. The van der Waals surface area contributed by atoms with Crippen molar-refractivity contribution >= 4 is 35.9 Å². The molecule has 126 valence electrons. The zero-order valence-corrected chi connectivity index (χ0v) is 13.9. The normalized spacial score (nSPS) is 13.0. The van der Waals surface area contributed by atoms with Crippen LogP contribution in [0.25, 0.3) is 0 Å². The zero-order chi connectivity index (χ0) is 17.2. The van der Waals surface area contributed by atoms with E-state index in [1.807, 2.05) is 0 Å². The lowest BCUT2D eigenvalue weighted by Gasteiger charge is -2.22. The molecular formula is C10H15NO8S3. The summed E-state index contributed by atoms with van der Waals surface area (Å²) >= 11 is 0. The van der Waals surface area contributed by atoms with Crippen molar-refractivity contribution in [2.75, 3.05) is 22.9 Å². The van der Waals surface area contributed by atoms with Crippen molar-refractivity contribution in [2.24, 2.45) is 0 Å². The first kappa shape index (κ1) is 18.8. The maximum atomic E-state index is 11.7. The van der Waals surface area contributed by atoms with Crippen molar-refractivity contribution in [3.8, 4) is 0 Å². The van der Waals surface area contributed by atoms with E-state index in [0.29, 0.717) is 0 Å². The molecule has 0 aliphatic rings. The Labute approximate surface area is 129 Å². The number of nitrogens with zero attached hydrogens (tertiary/aromatic N) is 1. The van der Waals surface area contributed by atoms with Gasteiger partial charge in [-0.3, -0.25) is 13.4 Å². The van der Waals surface area contributed by atoms with E-state index in [0.717, 1.165) is 34.8 Å². The summed E-state index contributed by atoms with van der Waals surface area (Å²) in [5, 5.41) is 0. The third-order valence-corrected chi connectivity index (χ3v) is 5.45. The van der Waals surface area contributed by atoms with Gasteiger partial charge in [0.25, 0.3) is 20.2 Å². The summed E-state index contributed by atoms with van der Waals surface area (Å²) in [4.78, 5) is -0.400. The Bertz CT molecular complexity index is 825. The molecule has 9 nitrogen and oxygen atoms in total. The molecule has 12 heteroatoms. The Kier molecular flexibility index (Phi) is 5.56. The fourth-order valence-electron chi connectivity index (χ4n) is 1.66. The van der Waals surface area contributed by atoms with Crippen molar-refractivity contribution in [2.45, 2.75) is 11.3 Å². The molecule has 0 saturated carbocycles. The first-order valence-electron chi connectivity index (χ1n) is 5.81. The van der Waals surface area contributed by atoms with Gasteiger partial charge in [-0.15, -0.1) is 0 Å². The average Bonchev–Trinajstić information content (AvgIpc) is 2.31. The predicted octanol–water partition coefficient (Wildman–Crippen LogP) is -0.0228. The van der Waals surface area contributed by atoms with Gasteiger partial charge in [-0.25, -0.2) is 8.42 Å². The van der Waals surface area contributed by atoms with Crippen molar-refractivity contribution in [3.63, 3.8) is 0 Å². The molecule has 0 radical (unpaired) electrons. The fourth-order valence-corrected chi connectivity index (χ4v) is 3.60. The molecule has 0 bridgehead atoms. The molecule has 0 saturated heterocycles. The van der Waals surface area contributed by atoms with Crippen LogP contribution in [0, 0.1) is 0 Å². The van der Waals surface area contributed by atoms with Crippen LogP contribution in [0.5, 0.6) is 0 Å². The molecule has 1 aromatic carbocycles. The summed E-state index contributed by atoms with van der Waals surface area (Å²) in [5.41, 5.74) is 0.102. The van der Waals surface area contributed by atoms with Crippen LogP contribution in [0.1, 0.15) is 6.42 Å². The van der Waals surface area contributed by atoms with Crippen LogP contribution in [0.15, 0.2) is 29.2 Å². The molecule has 1 aromatic rings. The fraction of sp³-hybridized carbons (Fsp3) is 0.400. The molecule has 0 spiro atoms. The minimum atomic E-state index is -4.40. The van der Waals surface area contributed by atoms with Crippen molar-refractivity contribution in [1.82, 2.24) is 0 Å². The quantitative estimate of drug-likeness (QED) is 0.634. The molecule has 0 atom stereocenters. The van der Waals surface area contributed by atoms with Gasteiger partial charge in [0.1, 0.15) is 0 Å². The maximum absolute atomic E-state index is 11.7. The van der Waals surface area contributed by atoms with Gasteiger partial charge in [0.05, 0.1) is 22.6 Å². The summed E-state index contributed by atoms with van der Waals surface area (Å²) in [6.45, 7) is -0.218. The van der Waals surface area contributed by atoms with Crippen molar-refractivity contribution in [3.05, 3.63) is 24.3 Å². The minimum absolute atomic E-state index is 0.102. The van der Waals surface area contributed by atoms with Crippen LogP contribution >= 0.6 is 0 Å². The topological polar surface area (TPSA) is 146 Å². The third-order valence-electron chi connectivity index (χ3n) is 2.59. The molecule has 1 rings (SSSR count). The molecule has 22 heavy (non-hydrogen) atoms. The van der Waals surface area contributed by atoms with Gasteiger partial charge < -0.3 is 0 Å². The smallest absolute Gasteiger partial charge is 0.286 e. The van der Waals surface area contributed by atoms with Crippen LogP contribution in [-0.2, 0) is 30.3 Å². The van der Waals surface area contributed by atoms with Crippen LogP contribution in [0.4, 0.5) is 5.69 Å². The van der Waals surface area contributed by atoms with Gasteiger partial charge in [-0.1, -0.05) is 0 Å². The highest BCUT2D eigenvalue weighted by Gasteiger charge is 2.19. The molecule has 0 aliphatic heterocycles. The minimum Gasteiger partial charge on any atom is -0.286 e. The van der Waals surface area contributed by atoms with Crippen LogP contribution in [0.2, 0.25) is 0 Å². The molecule has 0 heterocycles. The van der Waals surface area contributed by atoms with Gasteiger partial charge in [0.15, 0.2) is 0 Å². The highest BCUT2D eigenvalue weighted by Crippen LogP contribution is 2.20. The molecule has 0 aromatic heterocycles. The second kappa shape index (κ2) is 6.50. The Morgan fingerprint density at radius 3 is 1.82 bits per heavy atom. The monoisotopic (exact) mass is 373 g/mol. The molecule has 2 N–H and O–H groups in total. The van der Waals surface area contributed by atoms with Gasteiger partial charge in [-0.2, -0.15) is 16.8 Å². The number of hydrogen-bond acceptors (Lipinski definition) is 6. The largest absolute Gasteiger partial charge is 0.294 e. The molecular weight excluding hydrogens is 358 g/mol. The second-order valence-electron chi connectivity index (χ2n) is 4.44. The van der Waals surface area contributed by atoms with E-state index in [9.17, 15) is 25.3 Å².